The van der Waals surface area contributed by atoms with Crippen molar-refractivity contribution < 1.29 is 4.42 Å². The number of likely N-dealkylation sites (tertiary alicyclic amines) is 1. The van der Waals surface area contributed by atoms with Crippen molar-refractivity contribution in [3.63, 3.8) is 0 Å². The molecule has 0 aromatic carbocycles. The molecule has 0 saturated carbocycles. The Balaban J connectivity index is 0.00000220. The Hall–Kier alpha value is -0.830. The molecule has 1 saturated heterocycles. The van der Waals surface area contributed by atoms with Crippen molar-refractivity contribution in [2.75, 3.05) is 27.2 Å². The number of aryl methyl sites for hydroxylation is 2. The molecule has 0 amide bonds. The van der Waals surface area contributed by atoms with E-state index in [0.29, 0.717) is 18.5 Å². The lowest BCUT2D eigenvalue weighted by Gasteiger charge is -2.21. The van der Waals surface area contributed by atoms with Crippen molar-refractivity contribution in [2.45, 2.75) is 39.3 Å². The van der Waals surface area contributed by atoms with E-state index in [-0.39, 0.29) is 24.0 Å². The number of hydrogen-bond donors (Lipinski definition) is 2. The highest BCUT2D eigenvalue weighted by Crippen LogP contribution is 2.13. The average molecular weight is 407 g/mol. The molecule has 0 radical (unpaired) electrons. The predicted molar refractivity (Wildman–Crippen MR) is 95.2 cm³/mol. The number of likely N-dealkylation sites (N-methyl/N-ethyl adjacent to an activating group) is 1. The van der Waals surface area contributed by atoms with Crippen molar-refractivity contribution in [3.8, 4) is 0 Å². The van der Waals surface area contributed by atoms with E-state index in [0.717, 1.165) is 24.0 Å². The van der Waals surface area contributed by atoms with Gasteiger partial charge in [-0.3, -0.25) is 4.99 Å². The van der Waals surface area contributed by atoms with Crippen molar-refractivity contribution in [1.29, 1.82) is 0 Å². The lowest BCUT2D eigenvalue weighted by atomic mass is 10.2. The fourth-order valence-electron chi connectivity index (χ4n) is 2.45. The minimum atomic E-state index is 0. The van der Waals surface area contributed by atoms with Crippen LogP contribution in [0.25, 0.3) is 0 Å². The van der Waals surface area contributed by atoms with Gasteiger partial charge in [0.2, 0.25) is 5.89 Å². The van der Waals surface area contributed by atoms with Crippen LogP contribution in [-0.4, -0.2) is 49.1 Å². The quantitative estimate of drug-likeness (QED) is 0.452. The van der Waals surface area contributed by atoms with E-state index in [1.54, 1.807) is 7.05 Å². The molecule has 21 heavy (non-hydrogen) atoms. The molecule has 2 rings (SSSR count). The second kappa shape index (κ2) is 8.57. The summed E-state index contributed by atoms with van der Waals surface area (Å²) in [7, 11) is 3.95. The first-order chi connectivity index (χ1) is 9.60. The number of nitrogens with zero attached hydrogens (tertiary/aromatic N) is 3. The van der Waals surface area contributed by atoms with Gasteiger partial charge in [0, 0.05) is 19.6 Å². The zero-order valence-electron chi connectivity index (χ0n) is 13.3. The van der Waals surface area contributed by atoms with Gasteiger partial charge in [0.25, 0.3) is 0 Å². The first kappa shape index (κ1) is 18.2. The highest BCUT2D eigenvalue weighted by molar-refractivity contribution is 14.0. The summed E-state index contributed by atoms with van der Waals surface area (Å²) in [6.45, 7) is 6.53. The highest BCUT2D eigenvalue weighted by Gasteiger charge is 2.20. The molecule has 1 aliphatic heterocycles. The van der Waals surface area contributed by atoms with Crippen LogP contribution in [0.1, 0.15) is 30.2 Å². The molecule has 1 aromatic heterocycles. The number of aromatic nitrogens is 1. The first-order valence-corrected chi connectivity index (χ1v) is 7.18. The Morgan fingerprint density at radius 2 is 2.19 bits per heavy atom. The topological polar surface area (TPSA) is 65.7 Å². The number of rotatable bonds is 4. The van der Waals surface area contributed by atoms with Crippen LogP contribution in [0.15, 0.2) is 9.41 Å². The molecular weight excluding hydrogens is 381 g/mol. The maximum absolute atomic E-state index is 5.54. The van der Waals surface area contributed by atoms with E-state index in [1.807, 2.05) is 13.8 Å². The minimum absolute atomic E-state index is 0. The van der Waals surface area contributed by atoms with E-state index in [2.05, 4.69) is 32.6 Å². The van der Waals surface area contributed by atoms with Gasteiger partial charge >= 0.3 is 0 Å². The van der Waals surface area contributed by atoms with Crippen LogP contribution in [0, 0.1) is 13.8 Å². The average Bonchev–Trinajstić information content (AvgIpc) is 2.97. The van der Waals surface area contributed by atoms with E-state index in [1.165, 1.54) is 19.4 Å². The number of halogens is 1. The van der Waals surface area contributed by atoms with Gasteiger partial charge in [-0.15, -0.1) is 24.0 Å². The Morgan fingerprint density at radius 3 is 2.71 bits per heavy atom. The van der Waals surface area contributed by atoms with Gasteiger partial charge in [-0.05, 0) is 40.3 Å². The molecule has 7 heteroatoms. The summed E-state index contributed by atoms with van der Waals surface area (Å²) in [5, 5.41) is 6.59. The minimum Gasteiger partial charge on any atom is -0.444 e. The zero-order chi connectivity index (χ0) is 14.5. The van der Waals surface area contributed by atoms with Crippen LogP contribution < -0.4 is 10.6 Å². The van der Waals surface area contributed by atoms with Crippen LogP contribution in [0.2, 0.25) is 0 Å². The third-order valence-corrected chi connectivity index (χ3v) is 3.88. The summed E-state index contributed by atoms with van der Waals surface area (Å²) in [5.74, 6) is 2.36. The van der Waals surface area contributed by atoms with Crippen LogP contribution in [0.4, 0.5) is 0 Å². The van der Waals surface area contributed by atoms with E-state index < -0.39 is 0 Å². The predicted octanol–water partition coefficient (Wildman–Crippen LogP) is 1.67. The van der Waals surface area contributed by atoms with Gasteiger partial charge in [0.05, 0.1) is 12.2 Å². The lowest BCUT2D eigenvalue weighted by Crippen LogP contribution is -2.43. The Bertz CT molecular complexity index is 454. The third kappa shape index (κ3) is 5.14. The molecular formula is C14H26IN5O. The molecule has 1 aromatic rings. The van der Waals surface area contributed by atoms with E-state index in [9.17, 15) is 0 Å². The number of oxazole rings is 1. The van der Waals surface area contributed by atoms with E-state index >= 15 is 0 Å². The lowest BCUT2D eigenvalue weighted by molar-refractivity contribution is 0.309. The molecule has 0 bridgehead atoms. The van der Waals surface area contributed by atoms with Crippen LogP contribution in [0.5, 0.6) is 0 Å². The summed E-state index contributed by atoms with van der Waals surface area (Å²) in [5.41, 5.74) is 0.942. The second-order valence-corrected chi connectivity index (χ2v) is 5.33. The van der Waals surface area contributed by atoms with Crippen molar-refractivity contribution >= 4 is 29.9 Å². The fourth-order valence-corrected chi connectivity index (χ4v) is 2.45. The molecule has 0 aliphatic carbocycles. The third-order valence-electron chi connectivity index (χ3n) is 3.88. The smallest absolute Gasteiger partial charge is 0.214 e. The normalized spacial score (nSPS) is 19.4. The van der Waals surface area contributed by atoms with Gasteiger partial charge in [-0.25, -0.2) is 4.98 Å². The first-order valence-electron chi connectivity index (χ1n) is 7.18. The molecule has 1 unspecified atom stereocenters. The Labute approximate surface area is 143 Å². The Morgan fingerprint density at radius 1 is 1.43 bits per heavy atom. The van der Waals surface area contributed by atoms with Crippen LogP contribution in [-0.2, 0) is 6.54 Å². The van der Waals surface area contributed by atoms with Gasteiger partial charge in [0.1, 0.15) is 5.76 Å². The number of hydrogen-bond acceptors (Lipinski definition) is 4. The number of nitrogens with one attached hydrogen (secondary N) is 2. The fraction of sp³-hybridized carbons (Fsp3) is 0.714. The number of guanidine groups is 1. The van der Waals surface area contributed by atoms with Crippen molar-refractivity contribution in [1.82, 2.24) is 20.5 Å². The summed E-state index contributed by atoms with van der Waals surface area (Å²) >= 11 is 0. The molecule has 1 atom stereocenters. The summed E-state index contributed by atoms with van der Waals surface area (Å²) in [6.07, 6.45) is 2.53. The van der Waals surface area contributed by atoms with E-state index in [4.69, 9.17) is 4.42 Å². The molecule has 120 valence electrons. The SMILES string of the molecule is CN=C(NCc1nc(C)c(C)o1)NCC1CCCN1C.I. The van der Waals surface area contributed by atoms with Gasteiger partial charge < -0.3 is 20.0 Å². The molecule has 1 fully saturated rings. The number of aliphatic imine (C=N–C) groups is 1. The molecule has 2 N–H and O–H groups in total. The van der Waals surface area contributed by atoms with Gasteiger partial charge in [-0.2, -0.15) is 0 Å². The summed E-state index contributed by atoms with van der Waals surface area (Å²) in [4.78, 5) is 11.0. The maximum atomic E-state index is 5.54. The molecule has 2 heterocycles. The molecule has 1 aliphatic rings. The van der Waals surface area contributed by atoms with Crippen molar-refractivity contribution in [2.24, 2.45) is 4.99 Å². The van der Waals surface area contributed by atoms with Gasteiger partial charge in [0.15, 0.2) is 5.96 Å². The largest absolute Gasteiger partial charge is 0.444 e. The maximum Gasteiger partial charge on any atom is 0.214 e. The molecule has 0 spiro atoms. The monoisotopic (exact) mass is 407 g/mol. The molecule has 6 nitrogen and oxygen atoms in total. The summed E-state index contributed by atoms with van der Waals surface area (Å²) in [6, 6.07) is 0.597. The van der Waals surface area contributed by atoms with Crippen molar-refractivity contribution in [3.05, 3.63) is 17.3 Å². The highest BCUT2D eigenvalue weighted by atomic mass is 127. The van der Waals surface area contributed by atoms with Gasteiger partial charge in [-0.1, -0.05) is 0 Å². The second-order valence-electron chi connectivity index (χ2n) is 5.33. The summed E-state index contributed by atoms with van der Waals surface area (Å²) < 4.78 is 5.54. The van der Waals surface area contributed by atoms with Crippen LogP contribution in [0.3, 0.4) is 0 Å². The zero-order valence-corrected chi connectivity index (χ0v) is 15.6. The Kier molecular flexibility index (Phi) is 7.44. The van der Waals surface area contributed by atoms with Crippen LogP contribution >= 0.6 is 24.0 Å². The standard InChI is InChI=1S/C14H25N5O.HI/c1-10-11(2)20-13(18-10)9-17-14(15-3)16-8-12-6-5-7-19(12)4;/h12H,5-9H2,1-4H3,(H2,15,16,17);1H.